The van der Waals surface area contributed by atoms with Crippen molar-refractivity contribution in [2.45, 2.75) is 23.2 Å². The van der Waals surface area contributed by atoms with Crippen LogP contribution >= 0.6 is 0 Å². The molecule has 1 aliphatic heterocycles. The summed E-state index contributed by atoms with van der Waals surface area (Å²) in [7, 11) is -4.93. The first kappa shape index (κ1) is 20.2. The van der Waals surface area contributed by atoms with Gasteiger partial charge in [-0.15, -0.1) is 0 Å². The SMILES string of the molecule is CC1(c2ccccc2)CN(c2ccc(S(=O)(=O)C(F)F)cc2[N+](=O)[O-])CCO1. The van der Waals surface area contributed by atoms with Gasteiger partial charge in [0.1, 0.15) is 11.3 Å². The molecule has 3 rings (SSSR count). The zero-order chi connectivity index (χ0) is 20.5. The standard InChI is InChI=1S/C18H18F2N2O5S/c1-18(13-5-3-2-4-6-13)12-21(9-10-27-18)15-8-7-14(11-16(15)22(23)24)28(25,26)17(19)20/h2-8,11,17H,9-10,12H2,1H3. The predicted octanol–water partition coefficient (Wildman–Crippen LogP) is 3.34. The second kappa shape index (κ2) is 7.44. The van der Waals surface area contributed by atoms with Crippen LogP contribution in [0.15, 0.2) is 53.4 Å². The Balaban J connectivity index is 2.00. The average Bonchev–Trinajstić information content (AvgIpc) is 2.68. The van der Waals surface area contributed by atoms with E-state index in [0.29, 0.717) is 19.2 Å². The number of rotatable bonds is 5. The Morgan fingerprint density at radius 2 is 1.89 bits per heavy atom. The molecular formula is C18H18F2N2O5S. The highest BCUT2D eigenvalue weighted by molar-refractivity contribution is 7.91. The Labute approximate surface area is 160 Å². The quantitative estimate of drug-likeness (QED) is 0.553. The summed E-state index contributed by atoms with van der Waals surface area (Å²) in [4.78, 5) is 11.7. The lowest BCUT2D eigenvalue weighted by Gasteiger charge is -2.41. The fraction of sp³-hybridized carbons (Fsp3) is 0.333. The summed E-state index contributed by atoms with van der Waals surface area (Å²) < 4.78 is 54.8. The van der Waals surface area contributed by atoms with Crippen molar-refractivity contribution in [3.63, 3.8) is 0 Å². The van der Waals surface area contributed by atoms with Crippen molar-refractivity contribution >= 4 is 21.2 Å². The normalized spacial score (nSPS) is 20.4. The highest BCUT2D eigenvalue weighted by atomic mass is 32.2. The molecule has 2 aromatic rings. The Morgan fingerprint density at radius 1 is 1.21 bits per heavy atom. The Hall–Kier alpha value is -2.59. The van der Waals surface area contributed by atoms with Gasteiger partial charge < -0.3 is 9.64 Å². The van der Waals surface area contributed by atoms with Gasteiger partial charge in [-0.05, 0) is 24.6 Å². The summed E-state index contributed by atoms with van der Waals surface area (Å²) in [6.45, 7) is 2.76. The van der Waals surface area contributed by atoms with E-state index < -0.39 is 36.7 Å². The van der Waals surface area contributed by atoms with E-state index in [0.717, 1.165) is 11.6 Å². The third-order valence-electron chi connectivity index (χ3n) is 4.71. The molecule has 1 heterocycles. The first-order valence-electron chi connectivity index (χ1n) is 8.40. The van der Waals surface area contributed by atoms with Gasteiger partial charge in [-0.2, -0.15) is 8.78 Å². The minimum Gasteiger partial charge on any atom is -0.367 e. The van der Waals surface area contributed by atoms with Gasteiger partial charge in [-0.1, -0.05) is 30.3 Å². The molecule has 1 saturated heterocycles. The zero-order valence-electron chi connectivity index (χ0n) is 14.9. The molecule has 2 aromatic carbocycles. The number of nitro benzene ring substituents is 1. The van der Waals surface area contributed by atoms with Crippen LogP contribution in [0.1, 0.15) is 12.5 Å². The smallest absolute Gasteiger partial charge is 0.341 e. The van der Waals surface area contributed by atoms with E-state index >= 15 is 0 Å². The molecule has 28 heavy (non-hydrogen) atoms. The number of morpholine rings is 1. The molecule has 0 N–H and O–H groups in total. The molecule has 10 heteroatoms. The third-order valence-corrected chi connectivity index (χ3v) is 6.09. The first-order valence-corrected chi connectivity index (χ1v) is 9.95. The summed E-state index contributed by atoms with van der Waals surface area (Å²) in [5, 5.41) is 11.5. The molecule has 1 atom stereocenters. The molecule has 1 unspecified atom stereocenters. The van der Waals surface area contributed by atoms with Crippen LogP contribution < -0.4 is 4.90 Å². The largest absolute Gasteiger partial charge is 0.367 e. The highest BCUT2D eigenvalue weighted by Crippen LogP contribution is 2.37. The number of alkyl halides is 2. The van der Waals surface area contributed by atoms with Crippen LogP contribution in [0.25, 0.3) is 0 Å². The zero-order valence-corrected chi connectivity index (χ0v) is 15.7. The Bertz CT molecular complexity index is 985. The molecule has 0 saturated carbocycles. The molecule has 0 amide bonds. The van der Waals surface area contributed by atoms with Gasteiger partial charge >= 0.3 is 5.76 Å². The van der Waals surface area contributed by atoms with Gasteiger partial charge in [-0.25, -0.2) is 8.42 Å². The number of nitrogens with zero attached hydrogens (tertiary/aromatic N) is 2. The van der Waals surface area contributed by atoms with Crippen molar-refractivity contribution in [2.24, 2.45) is 0 Å². The minimum atomic E-state index is -4.93. The first-order chi connectivity index (χ1) is 13.1. The van der Waals surface area contributed by atoms with E-state index in [4.69, 9.17) is 4.74 Å². The van der Waals surface area contributed by atoms with E-state index in [2.05, 4.69) is 0 Å². The molecule has 7 nitrogen and oxygen atoms in total. The van der Waals surface area contributed by atoms with E-state index in [1.165, 1.54) is 6.07 Å². The van der Waals surface area contributed by atoms with Gasteiger partial charge in [0.15, 0.2) is 0 Å². The van der Waals surface area contributed by atoms with Crippen molar-refractivity contribution in [2.75, 3.05) is 24.6 Å². The third kappa shape index (κ3) is 3.69. The van der Waals surface area contributed by atoms with E-state index in [9.17, 15) is 27.3 Å². The van der Waals surface area contributed by atoms with Crippen LogP contribution in [0.5, 0.6) is 0 Å². The molecule has 0 bridgehead atoms. The van der Waals surface area contributed by atoms with Gasteiger partial charge in [0, 0.05) is 12.6 Å². The molecular weight excluding hydrogens is 394 g/mol. The van der Waals surface area contributed by atoms with Crippen molar-refractivity contribution in [1.82, 2.24) is 0 Å². The van der Waals surface area contributed by atoms with Crippen LogP contribution in [0.2, 0.25) is 0 Å². The fourth-order valence-corrected chi connectivity index (χ4v) is 3.98. The van der Waals surface area contributed by atoms with Crippen LogP contribution in [-0.4, -0.2) is 38.8 Å². The number of halogens is 2. The average molecular weight is 412 g/mol. The minimum absolute atomic E-state index is 0.156. The summed E-state index contributed by atoms with van der Waals surface area (Å²) in [6.07, 6.45) is 0. The molecule has 0 aromatic heterocycles. The maximum Gasteiger partial charge on any atom is 0.341 e. The number of hydrogen-bond acceptors (Lipinski definition) is 6. The van der Waals surface area contributed by atoms with E-state index in [-0.39, 0.29) is 12.2 Å². The van der Waals surface area contributed by atoms with Crippen LogP contribution in [0.4, 0.5) is 20.2 Å². The lowest BCUT2D eigenvalue weighted by Crippen LogP contribution is -2.48. The molecule has 0 radical (unpaired) electrons. The van der Waals surface area contributed by atoms with Crippen molar-refractivity contribution in [1.29, 1.82) is 0 Å². The number of nitro groups is 1. The molecule has 0 spiro atoms. The maximum atomic E-state index is 12.8. The highest BCUT2D eigenvalue weighted by Gasteiger charge is 2.37. The summed E-state index contributed by atoms with van der Waals surface area (Å²) in [5.41, 5.74) is -0.233. The number of hydrogen-bond donors (Lipinski definition) is 0. The van der Waals surface area contributed by atoms with Crippen LogP contribution in [-0.2, 0) is 20.2 Å². The number of sulfone groups is 1. The van der Waals surface area contributed by atoms with E-state index in [1.807, 2.05) is 37.3 Å². The van der Waals surface area contributed by atoms with Gasteiger partial charge in [0.2, 0.25) is 9.84 Å². The van der Waals surface area contributed by atoms with Crippen molar-refractivity contribution in [3.05, 3.63) is 64.2 Å². The monoisotopic (exact) mass is 412 g/mol. The van der Waals surface area contributed by atoms with Crippen LogP contribution in [0.3, 0.4) is 0 Å². The van der Waals surface area contributed by atoms with Gasteiger partial charge in [-0.3, -0.25) is 10.1 Å². The second-order valence-electron chi connectivity index (χ2n) is 6.58. The maximum absolute atomic E-state index is 12.8. The molecule has 1 fully saturated rings. The predicted molar refractivity (Wildman–Crippen MR) is 98.2 cm³/mol. The molecule has 1 aliphatic rings. The number of benzene rings is 2. The van der Waals surface area contributed by atoms with Gasteiger partial charge in [0.25, 0.3) is 5.69 Å². The topological polar surface area (TPSA) is 89.8 Å². The summed E-state index contributed by atoms with van der Waals surface area (Å²) >= 11 is 0. The number of anilines is 1. The summed E-state index contributed by atoms with van der Waals surface area (Å²) in [6, 6.07) is 12.2. The van der Waals surface area contributed by atoms with Crippen LogP contribution in [0, 0.1) is 10.1 Å². The van der Waals surface area contributed by atoms with E-state index in [1.54, 1.807) is 4.90 Å². The van der Waals surface area contributed by atoms with Crippen molar-refractivity contribution in [3.8, 4) is 0 Å². The second-order valence-corrected chi connectivity index (χ2v) is 8.50. The lowest BCUT2D eigenvalue weighted by atomic mass is 9.93. The Morgan fingerprint density at radius 3 is 2.50 bits per heavy atom. The summed E-state index contributed by atoms with van der Waals surface area (Å²) in [5.74, 6) is -3.65. The lowest BCUT2D eigenvalue weighted by molar-refractivity contribution is -0.384. The number of ether oxygens (including phenoxy) is 1. The fourth-order valence-electron chi connectivity index (χ4n) is 3.24. The Kier molecular flexibility index (Phi) is 5.35. The molecule has 0 aliphatic carbocycles. The van der Waals surface area contributed by atoms with Gasteiger partial charge in [0.05, 0.1) is 23.0 Å². The molecule has 150 valence electrons. The van der Waals surface area contributed by atoms with Crippen molar-refractivity contribution < 1.29 is 26.9 Å².